The zero-order chi connectivity index (χ0) is 14.6. The van der Waals surface area contributed by atoms with Crippen molar-refractivity contribution in [2.75, 3.05) is 13.7 Å². The van der Waals surface area contributed by atoms with E-state index in [9.17, 15) is 9.59 Å². The molecule has 0 aliphatic rings. The van der Waals surface area contributed by atoms with Crippen molar-refractivity contribution >= 4 is 23.5 Å². The van der Waals surface area contributed by atoms with Gasteiger partial charge in [0.15, 0.2) is 0 Å². The minimum Gasteiger partial charge on any atom is -0.468 e. The van der Waals surface area contributed by atoms with Gasteiger partial charge in [0.1, 0.15) is 12.6 Å². The van der Waals surface area contributed by atoms with Gasteiger partial charge in [0, 0.05) is 0 Å². The van der Waals surface area contributed by atoms with E-state index in [4.69, 9.17) is 11.6 Å². The minimum atomic E-state index is -0.491. The number of nitrogens with zero attached hydrogens (tertiary/aromatic N) is 2. The molecule has 1 atom stereocenters. The van der Waals surface area contributed by atoms with Crippen LogP contribution in [0.3, 0.4) is 0 Å². The number of methoxy groups -OCH3 is 1. The standard InChI is InChI=1S/C12H18ClN3O3/c1-5-9(12(18)14-6-10(17)19-4)16-8(3)11(13)7(2)15-16/h9H,5-6H2,1-4H3,(H,14,18). The molecule has 1 aromatic rings. The predicted molar refractivity (Wildman–Crippen MR) is 71.1 cm³/mol. The fourth-order valence-corrected chi connectivity index (χ4v) is 1.89. The lowest BCUT2D eigenvalue weighted by Crippen LogP contribution is -2.36. The molecule has 1 heterocycles. The molecule has 1 aromatic heterocycles. The van der Waals surface area contributed by atoms with E-state index >= 15 is 0 Å². The van der Waals surface area contributed by atoms with Gasteiger partial charge in [-0.25, -0.2) is 0 Å². The third-order valence-corrected chi connectivity index (χ3v) is 3.40. The number of aromatic nitrogens is 2. The Morgan fingerprint density at radius 2 is 2.11 bits per heavy atom. The second-order valence-electron chi connectivity index (χ2n) is 4.15. The van der Waals surface area contributed by atoms with Crippen LogP contribution in [0, 0.1) is 13.8 Å². The first-order valence-corrected chi connectivity index (χ1v) is 6.35. The maximum atomic E-state index is 12.0. The highest BCUT2D eigenvalue weighted by molar-refractivity contribution is 6.31. The van der Waals surface area contributed by atoms with Crippen molar-refractivity contribution in [3.8, 4) is 0 Å². The van der Waals surface area contributed by atoms with E-state index in [1.54, 1.807) is 18.5 Å². The van der Waals surface area contributed by atoms with E-state index in [0.717, 1.165) is 5.69 Å². The maximum Gasteiger partial charge on any atom is 0.325 e. The molecule has 1 unspecified atom stereocenters. The Kier molecular flexibility index (Phi) is 5.35. The molecule has 106 valence electrons. The Balaban J connectivity index is 2.85. The molecule has 0 aliphatic carbocycles. The zero-order valence-electron chi connectivity index (χ0n) is 11.5. The van der Waals surface area contributed by atoms with E-state index in [1.165, 1.54) is 7.11 Å². The highest BCUT2D eigenvalue weighted by Crippen LogP contribution is 2.23. The van der Waals surface area contributed by atoms with E-state index in [0.29, 0.717) is 17.1 Å². The van der Waals surface area contributed by atoms with Gasteiger partial charge in [0.2, 0.25) is 5.91 Å². The van der Waals surface area contributed by atoms with Crippen LogP contribution in [0.25, 0.3) is 0 Å². The fourth-order valence-electron chi connectivity index (χ4n) is 1.76. The van der Waals surface area contributed by atoms with Crippen molar-refractivity contribution in [2.24, 2.45) is 0 Å². The van der Waals surface area contributed by atoms with Gasteiger partial charge in [0.25, 0.3) is 0 Å². The van der Waals surface area contributed by atoms with Gasteiger partial charge in [-0.1, -0.05) is 18.5 Å². The summed E-state index contributed by atoms with van der Waals surface area (Å²) in [5, 5.41) is 7.33. The highest BCUT2D eigenvalue weighted by Gasteiger charge is 2.23. The molecule has 0 radical (unpaired) electrons. The van der Waals surface area contributed by atoms with Crippen LogP contribution in [0.15, 0.2) is 0 Å². The van der Waals surface area contributed by atoms with Gasteiger partial charge in [-0.05, 0) is 20.3 Å². The second kappa shape index (κ2) is 6.56. The lowest BCUT2D eigenvalue weighted by atomic mass is 10.2. The van der Waals surface area contributed by atoms with Gasteiger partial charge in [-0.3, -0.25) is 14.3 Å². The lowest BCUT2D eigenvalue weighted by Gasteiger charge is -2.16. The summed E-state index contributed by atoms with van der Waals surface area (Å²) in [5.41, 5.74) is 1.41. The third-order valence-electron chi connectivity index (χ3n) is 2.86. The average molecular weight is 288 g/mol. The van der Waals surface area contributed by atoms with Crippen LogP contribution < -0.4 is 5.32 Å². The number of hydrogen-bond acceptors (Lipinski definition) is 4. The Labute approximate surface area is 117 Å². The number of hydrogen-bond donors (Lipinski definition) is 1. The normalized spacial score (nSPS) is 12.1. The molecule has 0 bridgehead atoms. The van der Waals surface area contributed by atoms with Crippen LogP contribution in [0.1, 0.15) is 30.8 Å². The summed E-state index contributed by atoms with van der Waals surface area (Å²) in [5.74, 6) is -0.773. The van der Waals surface area contributed by atoms with Crippen LogP contribution in [0.4, 0.5) is 0 Å². The van der Waals surface area contributed by atoms with Crippen molar-refractivity contribution in [1.82, 2.24) is 15.1 Å². The molecule has 0 spiro atoms. The summed E-state index contributed by atoms with van der Waals surface area (Å²) < 4.78 is 6.06. The van der Waals surface area contributed by atoms with E-state index in [2.05, 4.69) is 15.2 Å². The number of aryl methyl sites for hydroxylation is 1. The Hall–Kier alpha value is -1.56. The highest BCUT2D eigenvalue weighted by atomic mass is 35.5. The molecule has 7 heteroatoms. The predicted octanol–water partition coefficient (Wildman–Crippen LogP) is 1.39. The molecule has 0 aromatic carbocycles. The Bertz CT molecular complexity index is 485. The minimum absolute atomic E-state index is 0.154. The van der Waals surface area contributed by atoms with E-state index < -0.39 is 12.0 Å². The zero-order valence-corrected chi connectivity index (χ0v) is 12.2. The molecular formula is C12H18ClN3O3. The molecule has 0 saturated heterocycles. The smallest absolute Gasteiger partial charge is 0.325 e. The monoisotopic (exact) mass is 287 g/mol. The number of carbonyl (C=O) groups is 2. The summed E-state index contributed by atoms with van der Waals surface area (Å²) in [7, 11) is 1.27. The number of nitrogens with one attached hydrogen (secondary N) is 1. The first-order chi connectivity index (χ1) is 8.92. The van der Waals surface area contributed by atoms with Crippen LogP contribution in [-0.4, -0.2) is 35.3 Å². The molecule has 1 N–H and O–H groups in total. The summed E-state index contributed by atoms with van der Waals surface area (Å²) >= 11 is 6.06. The number of halogens is 1. The van der Waals surface area contributed by atoms with Crippen molar-refractivity contribution < 1.29 is 14.3 Å². The van der Waals surface area contributed by atoms with Gasteiger partial charge < -0.3 is 10.1 Å². The van der Waals surface area contributed by atoms with Crippen molar-refractivity contribution in [2.45, 2.75) is 33.2 Å². The van der Waals surface area contributed by atoms with Crippen LogP contribution in [-0.2, 0) is 14.3 Å². The van der Waals surface area contributed by atoms with E-state index in [-0.39, 0.29) is 12.5 Å². The summed E-state index contributed by atoms with van der Waals surface area (Å²) in [4.78, 5) is 23.1. The fraction of sp³-hybridized carbons (Fsp3) is 0.583. The molecule has 1 amide bonds. The lowest BCUT2D eigenvalue weighted by molar-refractivity contribution is -0.141. The summed E-state index contributed by atoms with van der Waals surface area (Å²) in [6, 6.07) is -0.490. The largest absolute Gasteiger partial charge is 0.468 e. The van der Waals surface area contributed by atoms with Crippen LogP contribution in [0.5, 0.6) is 0 Å². The number of carbonyl (C=O) groups excluding carboxylic acids is 2. The van der Waals surface area contributed by atoms with Crippen molar-refractivity contribution in [1.29, 1.82) is 0 Å². The van der Waals surface area contributed by atoms with Gasteiger partial charge in [-0.2, -0.15) is 5.10 Å². The average Bonchev–Trinajstić information content (AvgIpc) is 2.65. The summed E-state index contributed by atoms with van der Waals surface area (Å²) in [6.07, 6.45) is 0.547. The topological polar surface area (TPSA) is 73.2 Å². The van der Waals surface area contributed by atoms with Crippen LogP contribution in [0.2, 0.25) is 5.02 Å². The number of esters is 1. The van der Waals surface area contributed by atoms with E-state index in [1.807, 2.05) is 6.92 Å². The Morgan fingerprint density at radius 3 is 2.53 bits per heavy atom. The third kappa shape index (κ3) is 3.47. The van der Waals surface area contributed by atoms with Crippen molar-refractivity contribution in [3.63, 3.8) is 0 Å². The Morgan fingerprint density at radius 1 is 1.47 bits per heavy atom. The van der Waals surface area contributed by atoms with Crippen LogP contribution >= 0.6 is 11.6 Å². The number of rotatable bonds is 5. The molecular weight excluding hydrogens is 270 g/mol. The van der Waals surface area contributed by atoms with Gasteiger partial charge >= 0.3 is 5.97 Å². The SMILES string of the molecule is CCC(C(=O)NCC(=O)OC)n1nc(C)c(Cl)c1C. The van der Waals surface area contributed by atoms with Crippen molar-refractivity contribution in [3.05, 3.63) is 16.4 Å². The molecule has 1 rings (SSSR count). The number of ether oxygens (including phenoxy) is 1. The molecule has 19 heavy (non-hydrogen) atoms. The molecule has 6 nitrogen and oxygen atoms in total. The maximum absolute atomic E-state index is 12.0. The molecule has 0 aliphatic heterocycles. The molecule has 0 saturated carbocycles. The first kappa shape index (κ1) is 15.5. The summed E-state index contributed by atoms with van der Waals surface area (Å²) in [6.45, 7) is 5.30. The second-order valence-corrected chi connectivity index (χ2v) is 4.53. The van der Waals surface area contributed by atoms with Gasteiger partial charge in [-0.15, -0.1) is 0 Å². The quantitative estimate of drug-likeness (QED) is 0.831. The van der Waals surface area contributed by atoms with Gasteiger partial charge in [0.05, 0.1) is 23.5 Å². The molecule has 0 fully saturated rings. The first-order valence-electron chi connectivity index (χ1n) is 5.98. The number of amides is 1.